The molecule has 0 radical (unpaired) electrons. The van der Waals surface area contributed by atoms with Crippen molar-refractivity contribution in [3.8, 4) is 0 Å². The Bertz CT molecular complexity index is 470. The van der Waals surface area contributed by atoms with Gasteiger partial charge < -0.3 is 5.32 Å². The molecule has 2 atom stereocenters. The number of aromatic nitrogens is 2. The number of rotatable bonds is 5. The van der Waals surface area contributed by atoms with Gasteiger partial charge in [-0.15, -0.1) is 0 Å². The molecule has 116 valence electrons. The van der Waals surface area contributed by atoms with Gasteiger partial charge >= 0.3 is 0 Å². The molecule has 0 aromatic carbocycles. The third-order valence-electron chi connectivity index (χ3n) is 5.12. The lowest BCUT2D eigenvalue weighted by Crippen LogP contribution is -2.21. The van der Waals surface area contributed by atoms with Gasteiger partial charge in [0, 0.05) is 23.3 Å². The van der Waals surface area contributed by atoms with E-state index in [4.69, 9.17) is 9.97 Å². The molecule has 2 aliphatic carbocycles. The Morgan fingerprint density at radius 1 is 1.05 bits per heavy atom. The van der Waals surface area contributed by atoms with Crippen LogP contribution in [0.3, 0.4) is 0 Å². The molecule has 3 heteroatoms. The molecule has 1 aromatic heterocycles. The van der Waals surface area contributed by atoms with E-state index in [0.717, 1.165) is 30.7 Å². The minimum atomic E-state index is 0.588. The predicted molar refractivity (Wildman–Crippen MR) is 86.6 cm³/mol. The van der Waals surface area contributed by atoms with Gasteiger partial charge in [0.15, 0.2) is 0 Å². The minimum Gasteiger partial charge on any atom is -0.314 e. The topological polar surface area (TPSA) is 37.8 Å². The number of nitrogens with zero attached hydrogens (tertiary/aromatic N) is 2. The van der Waals surface area contributed by atoms with E-state index < -0.39 is 0 Å². The molecule has 2 unspecified atom stereocenters. The Hall–Kier alpha value is -0.960. The fraction of sp³-hybridized carbons (Fsp3) is 0.778. The van der Waals surface area contributed by atoms with Gasteiger partial charge in [0.25, 0.3) is 0 Å². The van der Waals surface area contributed by atoms with Crippen LogP contribution in [0, 0.1) is 19.8 Å². The molecule has 3 rings (SSSR count). The Morgan fingerprint density at radius 2 is 1.76 bits per heavy atom. The van der Waals surface area contributed by atoms with Crippen LogP contribution in [-0.4, -0.2) is 22.6 Å². The van der Waals surface area contributed by atoms with Crippen LogP contribution in [0.2, 0.25) is 0 Å². The van der Waals surface area contributed by atoms with Gasteiger partial charge in [-0.3, -0.25) is 0 Å². The molecule has 0 spiro atoms. The van der Waals surface area contributed by atoms with E-state index >= 15 is 0 Å². The summed E-state index contributed by atoms with van der Waals surface area (Å²) in [6.07, 6.45) is 9.02. The van der Waals surface area contributed by atoms with E-state index in [1.54, 1.807) is 0 Å². The average Bonchev–Trinajstić information content (AvgIpc) is 3.26. The van der Waals surface area contributed by atoms with Crippen LogP contribution in [0.4, 0.5) is 0 Å². The number of nitrogens with one attached hydrogen (secondary N) is 1. The van der Waals surface area contributed by atoms with Crippen LogP contribution in [0.5, 0.6) is 0 Å². The highest BCUT2D eigenvalue weighted by molar-refractivity contribution is 5.25. The van der Waals surface area contributed by atoms with Crippen molar-refractivity contribution in [1.29, 1.82) is 0 Å². The fourth-order valence-corrected chi connectivity index (χ4v) is 3.67. The Kier molecular flexibility index (Phi) is 4.58. The number of aryl methyl sites for hydroxylation is 2. The van der Waals surface area contributed by atoms with Gasteiger partial charge in [0.1, 0.15) is 5.82 Å². The highest BCUT2D eigenvalue weighted by Crippen LogP contribution is 2.34. The minimum absolute atomic E-state index is 0.588. The normalized spacial score (nSPS) is 26.0. The first-order valence-corrected chi connectivity index (χ1v) is 8.71. The van der Waals surface area contributed by atoms with Gasteiger partial charge in [-0.05, 0) is 64.0 Å². The first-order chi connectivity index (χ1) is 10.1. The van der Waals surface area contributed by atoms with Crippen LogP contribution >= 0.6 is 0 Å². The van der Waals surface area contributed by atoms with Crippen molar-refractivity contribution in [3.63, 3.8) is 0 Å². The average molecular weight is 287 g/mol. The molecule has 2 aliphatic rings. The van der Waals surface area contributed by atoms with Crippen molar-refractivity contribution >= 4 is 0 Å². The first kappa shape index (κ1) is 15.0. The fourth-order valence-electron chi connectivity index (χ4n) is 3.67. The van der Waals surface area contributed by atoms with Crippen molar-refractivity contribution in [2.75, 3.05) is 6.54 Å². The first-order valence-electron chi connectivity index (χ1n) is 8.71. The summed E-state index contributed by atoms with van der Waals surface area (Å²) < 4.78 is 0. The molecule has 3 nitrogen and oxygen atoms in total. The zero-order valence-corrected chi connectivity index (χ0v) is 13.8. The molecule has 0 aliphatic heterocycles. The van der Waals surface area contributed by atoms with Gasteiger partial charge in [-0.2, -0.15) is 0 Å². The maximum Gasteiger partial charge on any atom is 0.131 e. The molecule has 1 N–H and O–H groups in total. The van der Waals surface area contributed by atoms with E-state index in [-0.39, 0.29) is 0 Å². The summed E-state index contributed by atoms with van der Waals surface area (Å²) in [5.41, 5.74) is 3.76. The van der Waals surface area contributed by atoms with Crippen molar-refractivity contribution in [1.82, 2.24) is 15.3 Å². The Balaban J connectivity index is 1.68. The van der Waals surface area contributed by atoms with Gasteiger partial charge in [0.05, 0.1) is 0 Å². The molecule has 1 heterocycles. The Morgan fingerprint density at radius 3 is 2.38 bits per heavy atom. The van der Waals surface area contributed by atoms with Gasteiger partial charge in [-0.1, -0.05) is 19.8 Å². The second-order valence-corrected chi connectivity index (χ2v) is 7.18. The molecule has 0 amide bonds. The van der Waals surface area contributed by atoms with Crippen LogP contribution in [0.15, 0.2) is 0 Å². The molecule has 0 saturated heterocycles. The molecule has 2 fully saturated rings. The summed E-state index contributed by atoms with van der Waals surface area (Å²) in [7, 11) is 0. The van der Waals surface area contributed by atoms with Crippen LogP contribution in [-0.2, 0) is 6.42 Å². The molecular formula is C18H29N3. The highest BCUT2D eigenvalue weighted by Gasteiger charge is 2.24. The maximum absolute atomic E-state index is 4.87. The summed E-state index contributed by atoms with van der Waals surface area (Å²) in [6, 6.07) is 0.787. The van der Waals surface area contributed by atoms with Gasteiger partial charge in [0.2, 0.25) is 0 Å². The second kappa shape index (κ2) is 6.43. The third kappa shape index (κ3) is 3.82. The number of hydrogen-bond acceptors (Lipinski definition) is 3. The smallest absolute Gasteiger partial charge is 0.131 e. The lowest BCUT2D eigenvalue weighted by atomic mass is 9.82. The van der Waals surface area contributed by atoms with Crippen molar-refractivity contribution in [2.45, 2.75) is 77.7 Å². The summed E-state index contributed by atoms with van der Waals surface area (Å²) >= 11 is 0. The van der Waals surface area contributed by atoms with Gasteiger partial charge in [-0.25, -0.2) is 9.97 Å². The van der Waals surface area contributed by atoms with Crippen molar-refractivity contribution in [2.24, 2.45) is 5.92 Å². The van der Waals surface area contributed by atoms with E-state index in [9.17, 15) is 0 Å². The highest BCUT2D eigenvalue weighted by atomic mass is 14.9. The summed E-state index contributed by atoms with van der Waals surface area (Å²) in [4.78, 5) is 9.73. The van der Waals surface area contributed by atoms with Crippen molar-refractivity contribution in [3.05, 3.63) is 22.8 Å². The van der Waals surface area contributed by atoms with E-state index in [1.807, 2.05) is 0 Å². The number of hydrogen-bond donors (Lipinski definition) is 1. The van der Waals surface area contributed by atoms with Crippen LogP contribution < -0.4 is 5.32 Å². The lowest BCUT2D eigenvalue weighted by Gasteiger charge is -2.26. The molecule has 0 bridgehead atoms. The van der Waals surface area contributed by atoms with E-state index in [0.29, 0.717) is 5.92 Å². The zero-order valence-electron chi connectivity index (χ0n) is 13.8. The summed E-state index contributed by atoms with van der Waals surface area (Å²) in [5.74, 6) is 2.52. The van der Waals surface area contributed by atoms with Crippen LogP contribution in [0.25, 0.3) is 0 Å². The maximum atomic E-state index is 4.87. The van der Waals surface area contributed by atoms with Crippen molar-refractivity contribution < 1.29 is 0 Å². The molecule has 21 heavy (non-hydrogen) atoms. The van der Waals surface area contributed by atoms with Crippen LogP contribution in [0.1, 0.15) is 74.1 Å². The second-order valence-electron chi connectivity index (χ2n) is 7.18. The zero-order chi connectivity index (χ0) is 14.8. The van der Waals surface area contributed by atoms with E-state index in [2.05, 4.69) is 26.1 Å². The Labute approximate surface area is 129 Å². The summed E-state index contributed by atoms with van der Waals surface area (Å²) in [5, 5.41) is 3.59. The third-order valence-corrected chi connectivity index (χ3v) is 5.12. The molecule has 2 saturated carbocycles. The molecule has 1 aromatic rings. The SMILES string of the molecule is Cc1nc(C2CCCC(C)C2)nc(C)c1CCNC1CC1. The largest absolute Gasteiger partial charge is 0.314 e. The molecular weight excluding hydrogens is 258 g/mol. The van der Waals surface area contributed by atoms with E-state index in [1.165, 1.54) is 55.5 Å². The lowest BCUT2D eigenvalue weighted by molar-refractivity contribution is 0.334. The summed E-state index contributed by atoms with van der Waals surface area (Å²) in [6.45, 7) is 7.76. The standard InChI is InChI=1S/C18H29N3/c1-12-5-4-6-15(11-12)18-20-13(2)17(14(3)21-18)9-10-19-16-7-8-16/h12,15-16,19H,4-11H2,1-3H3. The predicted octanol–water partition coefficient (Wildman–Crippen LogP) is 3.68. The quantitative estimate of drug-likeness (QED) is 0.897. The monoisotopic (exact) mass is 287 g/mol.